The molecule has 1 N–H and O–H groups in total. The molecule has 0 amide bonds. The summed E-state index contributed by atoms with van der Waals surface area (Å²) in [6, 6.07) is 20.0. The van der Waals surface area contributed by atoms with Crippen LogP contribution in [0.15, 0.2) is 78.2 Å². The molecule has 0 bridgehead atoms. The number of pyridine rings is 1. The average molecular weight is 348 g/mol. The van der Waals surface area contributed by atoms with Crippen LogP contribution in [-0.4, -0.2) is 16.4 Å². The van der Waals surface area contributed by atoms with Crippen molar-refractivity contribution in [3.8, 4) is 11.5 Å². The molecule has 0 unspecified atom stereocenters. The second-order valence-corrected chi connectivity index (χ2v) is 5.56. The van der Waals surface area contributed by atoms with Crippen molar-refractivity contribution in [3.63, 3.8) is 0 Å². The van der Waals surface area contributed by atoms with Gasteiger partial charge in [0.1, 0.15) is 11.5 Å². The third-order valence-electron chi connectivity index (χ3n) is 3.82. The Hall–Kier alpha value is -3.14. The van der Waals surface area contributed by atoms with E-state index in [1.54, 1.807) is 24.5 Å². The van der Waals surface area contributed by atoms with E-state index in [4.69, 9.17) is 9.94 Å². The van der Waals surface area contributed by atoms with E-state index in [0.29, 0.717) is 0 Å². The second kappa shape index (κ2) is 10.7. The fraction of sp³-hybridized carbons (Fsp3) is 0.182. The maximum absolute atomic E-state index is 8.06. The minimum Gasteiger partial charge on any atom is -0.457 e. The van der Waals surface area contributed by atoms with Crippen LogP contribution in [0.1, 0.15) is 30.5 Å². The molecule has 0 saturated heterocycles. The monoisotopic (exact) mass is 348 g/mol. The molecule has 26 heavy (non-hydrogen) atoms. The van der Waals surface area contributed by atoms with Crippen molar-refractivity contribution in [2.45, 2.75) is 26.7 Å². The number of hydrogen-bond acceptors (Lipinski definition) is 4. The van der Waals surface area contributed by atoms with Gasteiger partial charge in [0.15, 0.2) is 0 Å². The maximum atomic E-state index is 8.06. The number of nitrogens with zero attached hydrogens (tertiary/aromatic N) is 2. The summed E-state index contributed by atoms with van der Waals surface area (Å²) in [7, 11) is 0. The van der Waals surface area contributed by atoms with Crippen LogP contribution < -0.4 is 4.74 Å². The lowest BCUT2D eigenvalue weighted by Crippen LogP contribution is -1.93. The first kappa shape index (κ1) is 19.2. The van der Waals surface area contributed by atoms with Gasteiger partial charge >= 0.3 is 0 Å². The van der Waals surface area contributed by atoms with Crippen LogP contribution in [0.2, 0.25) is 0 Å². The van der Waals surface area contributed by atoms with Crippen molar-refractivity contribution in [1.29, 1.82) is 0 Å². The number of rotatable bonds is 5. The Bertz CT molecular complexity index is 772. The topological polar surface area (TPSA) is 54.7 Å². The molecule has 2 aromatic carbocycles. The van der Waals surface area contributed by atoms with E-state index < -0.39 is 0 Å². The van der Waals surface area contributed by atoms with Gasteiger partial charge in [-0.1, -0.05) is 61.5 Å². The maximum Gasteiger partial charge on any atom is 0.130 e. The zero-order valence-corrected chi connectivity index (χ0v) is 15.2. The highest BCUT2D eigenvalue weighted by Gasteiger charge is 2.05. The highest BCUT2D eigenvalue weighted by atomic mass is 16.5. The van der Waals surface area contributed by atoms with Gasteiger partial charge in [-0.15, -0.1) is 0 Å². The molecule has 0 saturated carbocycles. The Morgan fingerprint density at radius 3 is 1.92 bits per heavy atom. The minimum atomic E-state index is 0.792. The summed E-state index contributed by atoms with van der Waals surface area (Å²) in [5.74, 6) is 1.94. The summed E-state index contributed by atoms with van der Waals surface area (Å²) >= 11 is 0. The first-order chi connectivity index (χ1) is 12.8. The number of aromatic nitrogens is 1. The van der Waals surface area contributed by atoms with Crippen LogP contribution in [0.4, 0.5) is 0 Å². The highest BCUT2D eigenvalue weighted by Crippen LogP contribution is 2.28. The average Bonchev–Trinajstić information content (AvgIpc) is 2.70. The standard InChI is InChI=1S/C16H18O.C6H6N2O/c1-3-13-9-5-7-11-15(13)17-16-12-8-6-10-14(16)4-2;9-8-5-6-2-1-3-7-4-6/h5-12H,3-4H2,1-2H3;1-5,9H. The molecule has 134 valence electrons. The smallest absolute Gasteiger partial charge is 0.130 e. The first-order valence-electron chi connectivity index (χ1n) is 8.69. The fourth-order valence-corrected chi connectivity index (χ4v) is 2.43. The summed E-state index contributed by atoms with van der Waals surface area (Å²) in [6.45, 7) is 4.29. The van der Waals surface area contributed by atoms with Crippen LogP contribution in [0, 0.1) is 0 Å². The van der Waals surface area contributed by atoms with E-state index >= 15 is 0 Å². The third kappa shape index (κ3) is 5.74. The number of aryl methyl sites for hydroxylation is 2. The van der Waals surface area contributed by atoms with Crippen molar-refractivity contribution in [2.24, 2.45) is 5.16 Å². The Kier molecular flexibility index (Phi) is 7.87. The van der Waals surface area contributed by atoms with Gasteiger partial charge in [0.25, 0.3) is 0 Å². The van der Waals surface area contributed by atoms with Crippen molar-refractivity contribution in [3.05, 3.63) is 89.7 Å². The lowest BCUT2D eigenvalue weighted by molar-refractivity contribution is 0.322. The quantitative estimate of drug-likeness (QED) is 0.377. The van der Waals surface area contributed by atoms with Gasteiger partial charge in [-0.3, -0.25) is 4.98 Å². The SMILES string of the molecule is CCc1ccccc1Oc1ccccc1CC.ON=Cc1cccnc1. The molecule has 1 aromatic heterocycles. The molecule has 0 atom stereocenters. The number of ether oxygens (including phenoxy) is 1. The van der Waals surface area contributed by atoms with Gasteiger partial charge in [0.05, 0.1) is 6.21 Å². The number of hydrogen-bond donors (Lipinski definition) is 1. The van der Waals surface area contributed by atoms with Crippen molar-refractivity contribution < 1.29 is 9.94 Å². The summed E-state index contributed by atoms with van der Waals surface area (Å²) in [5.41, 5.74) is 3.29. The molecule has 4 nitrogen and oxygen atoms in total. The largest absolute Gasteiger partial charge is 0.457 e. The lowest BCUT2D eigenvalue weighted by atomic mass is 10.1. The Morgan fingerprint density at radius 1 is 0.885 bits per heavy atom. The fourth-order valence-electron chi connectivity index (χ4n) is 2.43. The summed E-state index contributed by atoms with van der Waals surface area (Å²) in [4.78, 5) is 3.80. The van der Waals surface area contributed by atoms with E-state index in [2.05, 4.69) is 48.3 Å². The van der Waals surface area contributed by atoms with Crippen molar-refractivity contribution >= 4 is 6.21 Å². The lowest BCUT2D eigenvalue weighted by Gasteiger charge is -2.12. The highest BCUT2D eigenvalue weighted by molar-refractivity contribution is 5.78. The minimum absolute atomic E-state index is 0.792. The molecule has 0 aliphatic carbocycles. The van der Waals surface area contributed by atoms with Crippen LogP contribution in [0.25, 0.3) is 0 Å². The van der Waals surface area contributed by atoms with Crippen LogP contribution in [0.5, 0.6) is 11.5 Å². The Morgan fingerprint density at radius 2 is 1.46 bits per heavy atom. The predicted octanol–water partition coefficient (Wildman–Crippen LogP) is 5.49. The van der Waals surface area contributed by atoms with E-state index in [-0.39, 0.29) is 0 Å². The number of para-hydroxylation sites is 2. The van der Waals surface area contributed by atoms with Crippen molar-refractivity contribution in [1.82, 2.24) is 4.98 Å². The molecule has 3 aromatic rings. The van der Waals surface area contributed by atoms with E-state index in [1.165, 1.54) is 17.3 Å². The molecule has 1 heterocycles. The number of oxime groups is 1. The number of benzene rings is 2. The van der Waals surface area contributed by atoms with Gasteiger partial charge in [-0.05, 0) is 42.2 Å². The molecule has 0 spiro atoms. The van der Waals surface area contributed by atoms with E-state index in [0.717, 1.165) is 29.9 Å². The zero-order valence-electron chi connectivity index (χ0n) is 15.2. The molecule has 0 aliphatic rings. The van der Waals surface area contributed by atoms with Crippen LogP contribution >= 0.6 is 0 Å². The third-order valence-corrected chi connectivity index (χ3v) is 3.82. The van der Waals surface area contributed by atoms with Crippen LogP contribution in [-0.2, 0) is 12.8 Å². The van der Waals surface area contributed by atoms with Gasteiger partial charge in [-0.25, -0.2) is 0 Å². The molecular formula is C22H24N2O2. The molecular weight excluding hydrogens is 324 g/mol. The first-order valence-corrected chi connectivity index (χ1v) is 8.69. The molecule has 0 aliphatic heterocycles. The molecule has 0 fully saturated rings. The second-order valence-electron chi connectivity index (χ2n) is 5.56. The van der Waals surface area contributed by atoms with Gasteiger partial charge in [0, 0.05) is 18.0 Å². The Balaban J connectivity index is 0.000000228. The molecule has 0 radical (unpaired) electrons. The van der Waals surface area contributed by atoms with Gasteiger partial charge in [0.2, 0.25) is 0 Å². The Labute approximate surface area is 154 Å². The molecule has 3 rings (SSSR count). The zero-order chi connectivity index (χ0) is 18.6. The van der Waals surface area contributed by atoms with E-state index in [9.17, 15) is 0 Å². The summed E-state index contributed by atoms with van der Waals surface area (Å²) in [6.07, 6.45) is 6.58. The van der Waals surface area contributed by atoms with Crippen LogP contribution in [0.3, 0.4) is 0 Å². The van der Waals surface area contributed by atoms with Crippen molar-refractivity contribution in [2.75, 3.05) is 0 Å². The normalized spacial score (nSPS) is 10.2. The van der Waals surface area contributed by atoms with Gasteiger partial charge < -0.3 is 9.94 Å². The van der Waals surface area contributed by atoms with E-state index in [1.807, 2.05) is 24.3 Å². The predicted molar refractivity (Wildman–Crippen MR) is 105 cm³/mol. The summed E-state index contributed by atoms with van der Waals surface area (Å²) in [5, 5.41) is 10.9. The van der Waals surface area contributed by atoms with Gasteiger partial charge in [-0.2, -0.15) is 0 Å². The molecule has 4 heteroatoms. The summed E-state index contributed by atoms with van der Waals surface area (Å²) < 4.78 is 6.02.